The van der Waals surface area contributed by atoms with Crippen molar-refractivity contribution in [3.63, 3.8) is 0 Å². The molecule has 0 aliphatic carbocycles. The molecule has 2 aliphatic heterocycles. The average Bonchev–Trinajstić information content (AvgIpc) is 2.72. The Hall–Kier alpha value is -1.98. The van der Waals surface area contributed by atoms with Gasteiger partial charge in [0.15, 0.2) is 0 Å². The van der Waals surface area contributed by atoms with Crippen molar-refractivity contribution in [2.45, 2.75) is 25.7 Å². The molecular formula is C10H10N2O4. The van der Waals surface area contributed by atoms with Crippen LogP contribution in [0.15, 0.2) is 12.4 Å². The summed E-state index contributed by atoms with van der Waals surface area (Å²) < 4.78 is 0. The minimum absolute atomic E-state index is 0.186. The quantitative estimate of drug-likeness (QED) is 0.604. The second-order valence-electron chi connectivity index (χ2n) is 3.61. The third-order valence-electron chi connectivity index (χ3n) is 2.55. The van der Waals surface area contributed by atoms with Crippen molar-refractivity contribution in [2.24, 2.45) is 0 Å². The van der Waals surface area contributed by atoms with E-state index in [4.69, 9.17) is 0 Å². The van der Waals surface area contributed by atoms with Crippen LogP contribution in [0.1, 0.15) is 25.7 Å². The van der Waals surface area contributed by atoms with E-state index < -0.39 is 0 Å². The normalized spacial score (nSPS) is 22.0. The molecule has 0 aromatic rings. The van der Waals surface area contributed by atoms with E-state index in [0.29, 0.717) is 0 Å². The molecule has 0 N–H and O–H groups in total. The van der Waals surface area contributed by atoms with Gasteiger partial charge in [0.25, 0.3) is 0 Å². The van der Waals surface area contributed by atoms with Crippen LogP contribution in [0.3, 0.4) is 0 Å². The second-order valence-corrected chi connectivity index (χ2v) is 3.61. The van der Waals surface area contributed by atoms with Crippen LogP contribution >= 0.6 is 0 Å². The highest BCUT2D eigenvalue weighted by Crippen LogP contribution is 2.15. The first kappa shape index (κ1) is 10.5. The molecule has 0 saturated carbocycles. The summed E-state index contributed by atoms with van der Waals surface area (Å²) in [6.07, 6.45) is 3.13. The van der Waals surface area contributed by atoms with Gasteiger partial charge < -0.3 is 0 Å². The minimum atomic E-state index is -0.305. The number of carbonyl (C=O) groups excluding carboxylic acids is 4. The first-order valence-corrected chi connectivity index (χ1v) is 4.97. The third kappa shape index (κ3) is 1.73. The van der Waals surface area contributed by atoms with Crippen LogP contribution < -0.4 is 0 Å². The van der Waals surface area contributed by atoms with Crippen LogP contribution in [-0.2, 0) is 19.2 Å². The molecular weight excluding hydrogens is 212 g/mol. The van der Waals surface area contributed by atoms with Crippen LogP contribution in [0.5, 0.6) is 0 Å². The van der Waals surface area contributed by atoms with Gasteiger partial charge in [-0.1, -0.05) is 0 Å². The highest BCUT2D eigenvalue weighted by Gasteiger charge is 2.30. The second kappa shape index (κ2) is 3.88. The maximum atomic E-state index is 11.2. The molecule has 0 unspecified atom stereocenters. The first-order chi connectivity index (χ1) is 7.59. The van der Waals surface area contributed by atoms with Gasteiger partial charge in [-0.15, -0.1) is 0 Å². The number of imide groups is 2. The molecule has 0 spiro atoms. The molecule has 4 amide bonds. The molecule has 84 valence electrons. The van der Waals surface area contributed by atoms with E-state index in [1.54, 1.807) is 0 Å². The van der Waals surface area contributed by atoms with Gasteiger partial charge >= 0.3 is 0 Å². The molecule has 2 fully saturated rings. The van der Waals surface area contributed by atoms with Crippen molar-refractivity contribution in [2.75, 3.05) is 0 Å². The van der Waals surface area contributed by atoms with Crippen LogP contribution in [0.2, 0.25) is 0 Å². The molecule has 0 aromatic carbocycles. The van der Waals surface area contributed by atoms with Gasteiger partial charge in [0, 0.05) is 38.1 Å². The first-order valence-electron chi connectivity index (χ1n) is 4.97. The standard InChI is InChI=1S/C10H10N2O4/c13-7-1-2-8(14)11(7)5-6-12-9(15)3-4-10(12)16/h5-6H,1-4H2. The van der Waals surface area contributed by atoms with Gasteiger partial charge in [-0.3, -0.25) is 29.0 Å². The topological polar surface area (TPSA) is 74.8 Å². The van der Waals surface area contributed by atoms with Crippen LogP contribution in [-0.4, -0.2) is 33.4 Å². The largest absolute Gasteiger partial charge is 0.274 e. The maximum Gasteiger partial charge on any atom is 0.233 e. The molecule has 0 atom stereocenters. The van der Waals surface area contributed by atoms with Crippen molar-refractivity contribution in [1.82, 2.24) is 9.80 Å². The third-order valence-corrected chi connectivity index (χ3v) is 2.55. The summed E-state index contributed by atoms with van der Waals surface area (Å²) in [5.41, 5.74) is 0. The van der Waals surface area contributed by atoms with Gasteiger partial charge in [0.05, 0.1) is 0 Å². The Labute approximate surface area is 91.5 Å². The zero-order chi connectivity index (χ0) is 11.7. The Morgan fingerprint density at radius 3 is 1.12 bits per heavy atom. The number of amides is 4. The number of nitrogens with zero attached hydrogens (tertiary/aromatic N) is 2. The Morgan fingerprint density at radius 1 is 0.625 bits per heavy atom. The van der Waals surface area contributed by atoms with Gasteiger partial charge in [-0.2, -0.15) is 0 Å². The summed E-state index contributed by atoms with van der Waals surface area (Å²) in [4.78, 5) is 46.8. The molecule has 0 bridgehead atoms. The van der Waals surface area contributed by atoms with Gasteiger partial charge in [-0.25, -0.2) is 0 Å². The number of carbonyl (C=O) groups is 4. The SMILES string of the molecule is O=C1CCC(=O)N1C=CN1C(=O)CCC1=O. The summed E-state index contributed by atoms with van der Waals surface area (Å²) in [5, 5.41) is 0. The smallest absolute Gasteiger partial charge is 0.233 e. The fraction of sp³-hybridized carbons (Fsp3) is 0.400. The predicted molar refractivity (Wildman–Crippen MR) is 51.3 cm³/mol. The number of hydrogen-bond acceptors (Lipinski definition) is 4. The van der Waals surface area contributed by atoms with E-state index in [-0.39, 0.29) is 49.3 Å². The van der Waals surface area contributed by atoms with Crippen molar-refractivity contribution in [1.29, 1.82) is 0 Å². The lowest BCUT2D eigenvalue weighted by Crippen LogP contribution is -2.27. The monoisotopic (exact) mass is 222 g/mol. The summed E-state index contributed by atoms with van der Waals surface area (Å²) in [6.45, 7) is 0. The van der Waals surface area contributed by atoms with Gasteiger partial charge in [0.2, 0.25) is 23.6 Å². The minimum Gasteiger partial charge on any atom is -0.274 e. The van der Waals surface area contributed by atoms with E-state index in [9.17, 15) is 19.2 Å². The Balaban J connectivity index is 2.09. The lowest BCUT2D eigenvalue weighted by atomic mass is 10.4. The fourth-order valence-electron chi connectivity index (χ4n) is 1.65. The predicted octanol–water partition coefficient (Wildman–Crippen LogP) is -0.244. The van der Waals surface area contributed by atoms with Crippen molar-refractivity contribution in [3.8, 4) is 0 Å². The Morgan fingerprint density at radius 2 is 0.875 bits per heavy atom. The fourth-order valence-corrected chi connectivity index (χ4v) is 1.65. The van der Waals surface area contributed by atoms with Crippen molar-refractivity contribution >= 4 is 23.6 Å². The lowest BCUT2D eigenvalue weighted by molar-refractivity contribution is -0.138. The van der Waals surface area contributed by atoms with E-state index >= 15 is 0 Å². The summed E-state index contributed by atoms with van der Waals surface area (Å²) >= 11 is 0. The zero-order valence-electron chi connectivity index (χ0n) is 8.51. The zero-order valence-corrected chi connectivity index (χ0v) is 8.51. The number of rotatable bonds is 2. The number of hydrogen-bond donors (Lipinski definition) is 0. The summed E-state index contributed by atoms with van der Waals surface area (Å²) in [5.74, 6) is -1.22. The van der Waals surface area contributed by atoms with Crippen molar-refractivity contribution in [3.05, 3.63) is 12.4 Å². The highest BCUT2D eigenvalue weighted by molar-refractivity contribution is 6.04. The molecule has 0 aromatic heterocycles. The van der Waals surface area contributed by atoms with E-state index in [1.807, 2.05) is 0 Å². The van der Waals surface area contributed by atoms with Crippen LogP contribution in [0, 0.1) is 0 Å². The molecule has 6 nitrogen and oxygen atoms in total. The molecule has 0 radical (unpaired) electrons. The van der Waals surface area contributed by atoms with Gasteiger partial charge in [0.1, 0.15) is 0 Å². The Bertz CT molecular complexity index is 343. The highest BCUT2D eigenvalue weighted by atomic mass is 16.2. The van der Waals surface area contributed by atoms with E-state index in [0.717, 1.165) is 9.80 Å². The molecule has 2 rings (SSSR count). The van der Waals surface area contributed by atoms with Gasteiger partial charge in [-0.05, 0) is 0 Å². The Kier molecular flexibility index (Phi) is 2.55. The van der Waals surface area contributed by atoms with E-state index in [2.05, 4.69) is 0 Å². The van der Waals surface area contributed by atoms with E-state index in [1.165, 1.54) is 12.4 Å². The van der Waals surface area contributed by atoms with Crippen LogP contribution in [0.25, 0.3) is 0 Å². The molecule has 2 aliphatic rings. The van der Waals surface area contributed by atoms with Crippen LogP contribution in [0.4, 0.5) is 0 Å². The number of likely N-dealkylation sites (tertiary alicyclic amines) is 2. The summed E-state index contributed by atoms with van der Waals surface area (Å²) in [7, 11) is 0. The molecule has 2 saturated heterocycles. The summed E-state index contributed by atoms with van der Waals surface area (Å²) in [6, 6.07) is 0. The molecule has 6 heteroatoms. The van der Waals surface area contributed by atoms with Crippen molar-refractivity contribution < 1.29 is 19.2 Å². The molecule has 16 heavy (non-hydrogen) atoms. The average molecular weight is 222 g/mol. The molecule has 2 heterocycles. The maximum absolute atomic E-state index is 11.2. The lowest BCUT2D eigenvalue weighted by Gasteiger charge is -2.10.